The van der Waals surface area contributed by atoms with Crippen molar-refractivity contribution in [1.29, 1.82) is 5.39 Å². The highest BCUT2D eigenvalue weighted by atomic mass is 32.1. The van der Waals surface area contributed by atoms with Gasteiger partial charge in [0.05, 0.1) is 0 Å². The molecule has 0 saturated carbocycles. The number of H-pyrrole nitrogens is 1. The maximum atomic E-state index is 8.87. The van der Waals surface area contributed by atoms with Crippen molar-refractivity contribution in [3.05, 3.63) is 47.4 Å². The van der Waals surface area contributed by atoms with Crippen molar-refractivity contribution in [1.82, 2.24) is 4.98 Å². The third kappa shape index (κ3) is 1.34. The number of hydrogen-bond acceptors (Lipinski definition) is 1. The Balaban J connectivity index is 0.000000963. The molecule has 4 heteroatoms. The van der Waals surface area contributed by atoms with Crippen molar-refractivity contribution in [2.45, 2.75) is 0 Å². The van der Waals surface area contributed by atoms with Crippen molar-refractivity contribution in [2.24, 2.45) is 0 Å². The van der Waals surface area contributed by atoms with E-state index in [0.717, 1.165) is 21.8 Å². The largest absolute Gasteiger partial charge is 0.408 e. The fraction of sp³-hybridized carbons (Fsp3) is 0. The highest BCUT2D eigenvalue weighted by Crippen LogP contribution is 2.31. The molecule has 0 saturated heterocycles. The summed E-state index contributed by atoms with van der Waals surface area (Å²) in [7, 11) is 0. The summed E-state index contributed by atoms with van der Waals surface area (Å²) in [5.74, 6) is 0. The number of rotatable bonds is 0. The Bertz CT molecular complexity index is 694. The molecular formula is C12H10N3S+. The van der Waals surface area contributed by atoms with Crippen LogP contribution in [0.2, 0.25) is 0 Å². The first-order valence-corrected chi connectivity index (χ1v) is 4.74. The van der Waals surface area contributed by atoms with Crippen LogP contribution in [0.4, 0.5) is 5.69 Å². The van der Waals surface area contributed by atoms with Gasteiger partial charge in [-0.25, -0.2) is 0 Å². The molecule has 2 aromatic carbocycles. The second-order valence-electron chi connectivity index (χ2n) is 3.47. The number of fused-ring (bicyclic) bond motifs is 3. The first-order valence-electron chi connectivity index (χ1n) is 4.74. The van der Waals surface area contributed by atoms with Crippen LogP contribution in [0.15, 0.2) is 42.5 Å². The Labute approximate surface area is 99.2 Å². The smallest absolute Gasteiger partial charge is 0.348 e. The van der Waals surface area contributed by atoms with Gasteiger partial charge in [0.25, 0.3) is 0 Å². The van der Waals surface area contributed by atoms with Gasteiger partial charge in [-0.3, -0.25) is 0 Å². The van der Waals surface area contributed by atoms with E-state index in [4.69, 9.17) is 5.39 Å². The summed E-state index contributed by atoms with van der Waals surface area (Å²) in [6.45, 7) is 0. The molecule has 0 aliphatic rings. The molecular weight excluding hydrogens is 218 g/mol. The summed E-state index contributed by atoms with van der Waals surface area (Å²) >= 11 is 0. The topological polar surface area (TPSA) is 43.9 Å². The van der Waals surface area contributed by atoms with Crippen LogP contribution < -0.4 is 0 Å². The van der Waals surface area contributed by atoms with Crippen molar-refractivity contribution in [3.8, 4) is 0 Å². The summed E-state index contributed by atoms with van der Waals surface area (Å²) < 4.78 is 0. The first-order chi connectivity index (χ1) is 7.40. The van der Waals surface area contributed by atoms with E-state index in [0.29, 0.717) is 5.69 Å². The molecule has 16 heavy (non-hydrogen) atoms. The molecule has 3 rings (SSSR count). The molecule has 0 bridgehead atoms. The zero-order valence-corrected chi connectivity index (χ0v) is 9.44. The van der Waals surface area contributed by atoms with E-state index in [1.165, 1.54) is 0 Å². The number of nitrogens with zero attached hydrogens (tertiary/aromatic N) is 2. The second kappa shape index (κ2) is 3.87. The predicted molar refractivity (Wildman–Crippen MR) is 70.9 cm³/mol. The summed E-state index contributed by atoms with van der Waals surface area (Å²) in [5, 5.41) is 11.1. The summed E-state index contributed by atoms with van der Waals surface area (Å²) in [5.41, 5.74) is 2.51. The molecule has 0 aliphatic heterocycles. The van der Waals surface area contributed by atoms with E-state index >= 15 is 0 Å². The highest BCUT2D eigenvalue weighted by molar-refractivity contribution is 7.59. The molecule has 3 aromatic rings. The van der Waals surface area contributed by atoms with E-state index in [1.807, 2.05) is 30.3 Å². The highest BCUT2D eigenvalue weighted by Gasteiger charge is 2.14. The number of aromatic amines is 1. The van der Waals surface area contributed by atoms with Crippen LogP contribution in [-0.4, -0.2) is 4.98 Å². The van der Waals surface area contributed by atoms with Gasteiger partial charge in [-0.1, -0.05) is 30.3 Å². The monoisotopic (exact) mass is 228 g/mol. The Morgan fingerprint density at radius 1 is 0.938 bits per heavy atom. The SMILES string of the molecule is N#[N+]c1cccc2c1[nH]c1ccccc12.S. The molecule has 0 radical (unpaired) electrons. The van der Waals surface area contributed by atoms with Gasteiger partial charge >= 0.3 is 5.69 Å². The molecule has 78 valence electrons. The third-order valence-electron chi connectivity index (χ3n) is 2.63. The van der Waals surface area contributed by atoms with E-state index in [-0.39, 0.29) is 13.5 Å². The predicted octanol–water partition coefficient (Wildman–Crippen LogP) is 3.92. The van der Waals surface area contributed by atoms with Gasteiger partial charge in [0, 0.05) is 22.4 Å². The number of benzene rings is 2. The molecule has 0 amide bonds. The minimum absolute atomic E-state index is 0. The minimum atomic E-state index is 0. The van der Waals surface area contributed by atoms with Crippen LogP contribution in [0.25, 0.3) is 26.8 Å². The van der Waals surface area contributed by atoms with Crippen LogP contribution in [0, 0.1) is 5.39 Å². The lowest BCUT2D eigenvalue weighted by Gasteiger charge is -1.86. The summed E-state index contributed by atoms with van der Waals surface area (Å²) in [6.07, 6.45) is 0. The van der Waals surface area contributed by atoms with Crippen molar-refractivity contribution >= 4 is 41.0 Å². The van der Waals surface area contributed by atoms with Gasteiger partial charge in [0.15, 0.2) is 4.98 Å². The fourth-order valence-electron chi connectivity index (χ4n) is 1.94. The van der Waals surface area contributed by atoms with Gasteiger partial charge in [-0.2, -0.15) is 13.5 Å². The van der Waals surface area contributed by atoms with Crippen LogP contribution in [0.1, 0.15) is 0 Å². The summed E-state index contributed by atoms with van der Waals surface area (Å²) in [4.78, 5) is 6.51. The zero-order chi connectivity index (χ0) is 10.3. The molecule has 3 nitrogen and oxygen atoms in total. The molecule has 0 atom stereocenters. The fourth-order valence-corrected chi connectivity index (χ4v) is 1.94. The van der Waals surface area contributed by atoms with Crippen LogP contribution in [-0.2, 0) is 0 Å². The van der Waals surface area contributed by atoms with E-state index in [9.17, 15) is 0 Å². The van der Waals surface area contributed by atoms with Crippen molar-refractivity contribution in [3.63, 3.8) is 0 Å². The minimum Gasteiger partial charge on any atom is -0.348 e. The molecule has 0 aliphatic carbocycles. The van der Waals surface area contributed by atoms with E-state index < -0.39 is 0 Å². The Kier molecular flexibility index (Phi) is 2.55. The molecule has 0 unspecified atom stereocenters. The number of nitrogens with one attached hydrogen (secondary N) is 1. The van der Waals surface area contributed by atoms with Crippen LogP contribution in [0.3, 0.4) is 0 Å². The third-order valence-corrected chi connectivity index (χ3v) is 2.63. The standard InChI is InChI=1S/C12H8N3.H2S/c13-15-11-7-3-5-9-8-4-1-2-6-10(8)14-12(9)11;/h1-7,14H;1H2/q+1;. The lowest BCUT2D eigenvalue weighted by atomic mass is 10.1. The molecule has 0 spiro atoms. The molecule has 0 fully saturated rings. The number of diazo groups is 1. The second-order valence-corrected chi connectivity index (χ2v) is 3.47. The van der Waals surface area contributed by atoms with Gasteiger partial charge in [-0.05, 0) is 6.07 Å². The van der Waals surface area contributed by atoms with E-state index in [1.54, 1.807) is 6.07 Å². The number of hydrogen-bond donors (Lipinski definition) is 1. The lowest BCUT2D eigenvalue weighted by molar-refractivity contribution is 1.46. The zero-order valence-electron chi connectivity index (χ0n) is 8.44. The Morgan fingerprint density at radius 2 is 1.69 bits per heavy atom. The summed E-state index contributed by atoms with van der Waals surface area (Å²) in [6, 6.07) is 13.7. The average Bonchev–Trinajstić information content (AvgIpc) is 2.67. The quantitative estimate of drug-likeness (QED) is 0.582. The maximum absolute atomic E-state index is 8.87. The maximum Gasteiger partial charge on any atom is 0.408 e. The average molecular weight is 228 g/mol. The Morgan fingerprint density at radius 3 is 2.50 bits per heavy atom. The lowest BCUT2D eigenvalue weighted by Crippen LogP contribution is -1.66. The molecule has 1 N–H and O–H groups in total. The molecule has 1 heterocycles. The van der Waals surface area contributed by atoms with Crippen molar-refractivity contribution in [2.75, 3.05) is 0 Å². The number of aromatic nitrogens is 1. The molecule has 1 aromatic heterocycles. The number of para-hydroxylation sites is 2. The first kappa shape index (κ1) is 10.5. The normalized spacial score (nSPS) is 9.94. The van der Waals surface area contributed by atoms with E-state index in [2.05, 4.69) is 16.0 Å². The van der Waals surface area contributed by atoms with Crippen LogP contribution >= 0.6 is 13.5 Å². The van der Waals surface area contributed by atoms with Gasteiger partial charge in [-0.15, -0.1) is 0 Å². The van der Waals surface area contributed by atoms with Crippen LogP contribution in [0.5, 0.6) is 0 Å². The van der Waals surface area contributed by atoms with Crippen molar-refractivity contribution < 1.29 is 0 Å². The van der Waals surface area contributed by atoms with Gasteiger partial charge < -0.3 is 4.98 Å². The van der Waals surface area contributed by atoms with Gasteiger partial charge in [0.1, 0.15) is 5.52 Å². The van der Waals surface area contributed by atoms with Gasteiger partial charge in [0.2, 0.25) is 5.39 Å². The Hall–Kier alpha value is -1.99.